The van der Waals surface area contributed by atoms with Crippen LogP contribution in [0, 0.1) is 0 Å². The fourth-order valence-corrected chi connectivity index (χ4v) is 4.48. The van der Waals surface area contributed by atoms with Gasteiger partial charge in [-0.15, -0.1) is 11.8 Å². The van der Waals surface area contributed by atoms with Crippen LogP contribution >= 0.6 is 23.5 Å². The van der Waals surface area contributed by atoms with Gasteiger partial charge in [0.05, 0.1) is 0 Å². The van der Waals surface area contributed by atoms with Gasteiger partial charge in [-0.3, -0.25) is 4.90 Å². The molecule has 0 radical (unpaired) electrons. The first-order valence-electron chi connectivity index (χ1n) is 8.31. The minimum Gasteiger partial charge on any atom is -0.293 e. The summed E-state index contributed by atoms with van der Waals surface area (Å²) < 4.78 is 0. The van der Waals surface area contributed by atoms with Gasteiger partial charge in [-0.25, -0.2) is 0 Å². The number of hydrogen-bond donors (Lipinski definition) is 0. The normalized spacial score (nSPS) is 16.3. The van der Waals surface area contributed by atoms with Crippen molar-refractivity contribution in [3.8, 4) is 0 Å². The number of nitrogens with zero attached hydrogens (tertiary/aromatic N) is 1. The molecule has 0 unspecified atom stereocenters. The van der Waals surface area contributed by atoms with E-state index in [1.165, 1.54) is 94.0 Å². The van der Waals surface area contributed by atoms with Gasteiger partial charge >= 0.3 is 0 Å². The van der Waals surface area contributed by atoms with Crippen molar-refractivity contribution >= 4 is 23.5 Å². The lowest BCUT2D eigenvalue weighted by atomic mass is 10.1. The van der Waals surface area contributed by atoms with Crippen LogP contribution in [0.5, 0.6) is 0 Å². The van der Waals surface area contributed by atoms with Crippen LogP contribution in [0.4, 0.5) is 0 Å². The molecule has 3 heteroatoms. The van der Waals surface area contributed by atoms with E-state index in [1.54, 1.807) is 0 Å². The van der Waals surface area contributed by atoms with E-state index in [-0.39, 0.29) is 0 Å². The molecule has 0 aromatic carbocycles. The zero-order valence-electron chi connectivity index (χ0n) is 12.9. The van der Waals surface area contributed by atoms with Gasteiger partial charge in [-0.1, -0.05) is 45.4 Å². The van der Waals surface area contributed by atoms with E-state index in [2.05, 4.69) is 35.3 Å². The van der Waals surface area contributed by atoms with Crippen LogP contribution in [-0.2, 0) is 0 Å². The first kappa shape index (κ1) is 17.7. The van der Waals surface area contributed by atoms with E-state index in [4.69, 9.17) is 0 Å². The number of hydrogen-bond acceptors (Lipinski definition) is 3. The number of rotatable bonds is 13. The van der Waals surface area contributed by atoms with Crippen LogP contribution in [0.15, 0.2) is 0 Å². The Hall–Kier alpha value is 0.660. The highest BCUT2D eigenvalue weighted by Gasteiger charge is 2.10. The smallest absolute Gasteiger partial charge is 0.0445 e. The summed E-state index contributed by atoms with van der Waals surface area (Å²) in [4.78, 5) is 2.61. The maximum Gasteiger partial charge on any atom is 0.0445 e. The fraction of sp³-hybridized carbons (Fsp3) is 1.00. The molecule has 0 spiro atoms. The highest BCUT2D eigenvalue weighted by Crippen LogP contribution is 2.15. The van der Waals surface area contributed by atoms with Gasteiger partial charge in [0.1, 0.15) is 0 Å². The number of thioether (sulfide) groups is 2. The summed E-state index contributed by atoms with van der Waals surface area (Å²) >= 11 is 4.27. The maximum absolute atomic E-state index is 2.61. The molecule has 1 aliphatic rings. The van der Waals surface area contributed by atoms with E-state index in [9.17, 15) is 0 Å². The average Bonchev–Trinajstić information content (AvgIpc) is 2.93. The molecule has 1 nitrogen and oxygen atoms in total. The molecule has 1 fully saturated rings. The van der Waals surface area contributed by atoms with Crippen molar-refractivity contribution < 1.29 is 0 Å². The Balaban J connectivity index is 1.67. The Labute approximate surface area is 129 Å². The summed E-state index contributed by atoms with van der Waals surface area (Å²) in [7, 11) is 0. The molecule has 0 amide bonds. The summed E-state index contributed by atoms with van der Waals surface area (Å²) in [5.74, 6) is 5.43. The monoisotopic (exact) mass is 303 g/mol. The summed E-state index contributed by atoms with van der Waals surface area (Å²) in [5, 5.41) is 0. The molecule has 19 heavy (non-hydrogen) atoms. The largest absolute Gasteiger partial charge is 0.293 e. The molecule has 0 saturated carbocycles. The van der Waals surface area contributed by atoms with E-state index in [1.807, 2.05) is 0 Å². The van der Waals surface area contributed by atoms with Gasteiger partial charge in [0.25, 0.3) is 0 Å². The van der Waals surface area contributed by atoms with Crippen molar-refractivity contribution in [1.29, 1.82) is 0 Å². The van der Waals surface area contributed by atoms with Gasteiger partial charge in [0.15, 0.2) is 0 Å². The van der Waals surface area contributed by atoms with Crippen molar-refractivity contribution in [3.05, 3.63) is 0 Å². The highest BCUT2D eigenvalue weighted by atomic mass is 32.2. The van der Waals surface area contributed by atoms with Crippen LogP contribution in [0.1, 0.15) is 64.7 Å². The minimum atomic E-state index is 1.28. The van der Waals surface area contributed by atoms with E-state index in [0.717, 1.165) is 0 Å². The molecule has 0 aliphatic carbocycles. The predicted molar refractivity (Wildman–Crippen MR) is 93.5 cm³/mol. The minimum absolute atomic E-state index is 1.28. The lowest BCUT2D eigenvalue weighted by Gasteiger charge is -2.12. The third-order valence-corrected chi connectivity index (χ3v) is 5.90. The molecule has 0 bridgehead atoms. The predicted octanol–water partition coefficient (Wildman–Crippen LogP) is 5.26. The molecule has 0 aromatic rings. The average molecular weight is 304 g/mol. The molecule has 1 heterocycles. The maximum atomic E-state index is 2.61. The van der Waals surface area contributed by atoms with Gasteiger partial charge in [-0.05, 0) is 37.3 Å². The Morgan fingerprint density at radius 1 is 0.895 bits per heavy atom. The van der Waals surface area contributed by atoms with Crippen molar-refractivity contribution in [2.24, 2.45) is 0 Å². The molecule has 1 rings (SSSR count). The van der Waals surface area contributed by atoms with E-state index in [0.29, 0.717) is 0 Å². The Kier molecular flexibility index (Phi) is 12.7. The van der Waals surface area contributed by atoms with Crippen molar-refractivity contribution in [3.63, 3.8) is 0 Å². The Bertz CT molecular complexity index is 182. The standard InChI is InChI=1S/C16H33NS2/c1-2-3-4-5-6-9-13-18-14-10-7-8-11-17-12-15-19-16-17/h2-16H2,1H3. The molecule has 1 saturated heterocycles. The first-order chi connectivity index (χ1) is 9.43. The SMILES string of the molecule is CCCCCCCCSCCCCCN1CCSC1. The van der Waals surface area contributed by atoms with Crippen molar-refractivity contribution in [2.75, 3.05) is 36.2 Å². The molecular formula is C16H33NS2. The summed E-state index contributed by atoms with van der Waals surface area (Å²) in [6.07, 6.45) is 12.9. The zero-order chi connectivity index (χ0) is 13.6. The first-order valence-corrected chi connectivity index (χ1v) is 10.6. The molecule has 1 aliphatic heterocycles. The second-order valence-electron chi connectivity index (χ2n) is 5.60. The lowest BCUT2D eigenvalue weighted by molar-refractivity contribution is 0.346. The Morgan fingerprint density at radius 3 is 2.26 bits per heavy atom. The van der Waals surface area contributed by atoms with Crippen LogP contribution < -0.4 is 0 Å². The van der Waals surface area contributed by atoms with Gasteiger partial charge < -0.3 is 0 Å². The summed E-state index contributed by atoms with van der Waals surface area (Å²) in [5.41, 5.74) is 0. The second kappa shape index (κ2) is 13.6. The zero-order valence-corrected chi connectivity index (χ0v) is 14.5. The second-order valence-corrected chi connectivity index (χ2v) is 7.90. The van der Waals surface area contributed by atoms with Crippen LogP contribution in [0.25, 0.3) is 0 Å². The molecule has 0 atom stereocenters. The quantitative estimate of drug-likeness (QED) is 0.427. The van der Waals surface area contributed by atoms with Crippen molar-refractivity contribution in [2.45, 2.75) is 64.7 Å². The van der Waals surface area contributed by atoms with Crippen LogP contribution in [0.3, 0.4) is 0 Å². The van der Waals surface area contributed by atoms with Gasteiger partial charge in [0, 0.05) is 18.2 Å². The van der Waals surface area contributed by atoms with Crippen LogP contribution in [-0.4, -0.2) is 41.1 Å². The van der Waals surface area contributed by atoms with E-state index < -0.39 is 0 Å². The van der Waals surface area contributed by atoms with Gasteiger partial charge in [-0.2, -0.15) is 11.8 Å². The fourth-order valence-electron chi connectivity index (χ4n) is 2.43. The lowest BCUT2D eigenvalue weighted by Crippen LogP contribution is -2.20. The molecular weight excluding hydrogens is 270 g/mol. The third kappa shape index (κ3) is 11.0. The molecule has 114 valence electrons. The van der Waals surface area contributed by atoms with Crippen molar-refractivity contribution in [1.82, 2.24) is 4.90 Å². The third-order valence-electron chi connectivity index (χ3n) is 3.73. The highest BCUT2D eigenvalue weighted by molar-refractivity contribution is 7.99. The topological polar surface area (TPSA) is 3.24 Å². The molecule has 0 aromatic heterocycles. The van der Waals surface area contributed by atoms with E-state index >= 15 is 0 Å². The molecule has 0 N–H and O–H groups in total. The summed E-state index contributed by atoms with van der Waals surface area (Å²) in [6, 6.07) is 0. The number of unbranched alkanes of at least 4 members (excludes halogenated alkanes) is 7. The summed E-state index contributed by atoms with van der Waals surface area (Å²) in [6.45, 7) is 4.96. The van der Waals surface area contributed by atoms with Gasteiger partial charge in [0.2, 0.25) is 0 Å². The Morgan fingerprint density at radius 2 is 1.58 bits per heavy atom. The van der Waals surface area contributed by atoms with Crippen LogP contribution in [0.2, 0.25) is 0 Å².